The van der Waals surface area contributed by atoms with Gasteiger partial charge < -0.3 is 14.5 Å². The molecule has 3 aromatic rings. The number of anilines is 1. The number of hydrogen-bond donors (Lipinski definition) is 0. The predicted molar refractivity (Wildman–Crippen MR) is 143 cm³/mol. The maximum Gasteiger partial charge on any atom is 0.260 e. The van der Waals surface area contributed by atoms with E-state index in [9.17, 15) is 9.59 Å². The van der Waals surface area contributed by atoms with Crippen molar-refractivity contribution in [3.05, 3.63) is 95.0 Å². The Bertz CT molecular complexity index is 1150. The van der Waals surface area contributed by atoms with Crippen LogP contribution in [0.5, 0.6) is 5.75 Å². The van der Waals surface area contributed by atoms with Crippen molar-refractivity contribution in [3.63, 3.8) is 0 Å². The number of benzene rings is 3. The molecule has 0 saturated carbocycles. The summed E-state index contributed by atoms with van der Waals surface area (Å²) in [6, 6.07) is 25.2. The van der Waals surface area contributed by atoms with Crippen LogP contribution in [-0.4, -0.2) is 54.4 Å². The number of ether oxygens (including phenoxy) is 1. The molecule has 1 heterocycles. The summed E-state index contributed by atoms with van der Waals surface area (Å²) in [7, 11) is 0. The molecule has 2 amide bonds. The van der Waals surface area contributed by atoms with E-state index in [4.69, 9.17) is 16.3 Å². The summed E-state index contributed by atoms with van der Waals surface area (Å²) >= 11 is 5.96. The fourth-order valence-electron chi connectivity index (χ4n) is 4.45. The molecule has 0 atom stereocenters. The molecule has 0 N–H and O–H groups in total. The molecule has 1 aliphatic heterocycles. The zero-order valence-electron chi connectivity index (χ0n) is 20.6. The number of nitrogens with zero attached hydrogens (tertiary/aromatic N) is 3. The molecule has 4 rings (SSSR count). The SMILES string of the molecule is CC(=O)N1CCCN(Cc2ccccc2)CCN(C(=O)COc2ccc(Cl)cc2)Cc2ccccc21. The number of carbonyl (C=O) groups excluding carboxylic acids is 2. The molecular weight excluding hydrogens is 474 g/mol. The standard InChI is InChI=1S/C29H32ClN3O3/c1-23(34)33-17-7-16-31(20-24-8-3-2-4-9-24)18-19-32(21-25-10-5-6-11-28(25)33)29(35)22-36-27-14-12-26(30)13-15-27/h2-6,8-15H,7,16-22H2,1H3. The molecule has 0 radical (unpaired) electrons. The molecule has 0 spiro atoms. The first kappa shape index (κ1) is 25.7. The van der Waals surface area contributed by atoms with Gasteiger partial charge in [-0.15, -0.1) is 0 Å². The lowest BCUT2D eigenvalue weighted by molar-refractivity contribution is -0.134. The number of fused-ring (bicyclic) bond motifs is 1. The van der Waals surface area contributed by atoms with Gasteiger partial charge in [0.05, 0.1) is 0 Å². The third kappa shape index (κ3) is 7.09. The fraction of sp³-hybridized carbons (Fsp3) is 0.310. The number of para-hydroxylation sites is 1. The molecule has 3 aromatic carbocycles. The zero-order chi connectivity index (χ0) is 25.3. The van der Waals surface area contributed by atoms with Gasteiger partial charge in [-0.05, 0) is 47.9 Å². The summed E-state index contributed by atoms with van der Waals surface area (Å²) in [5.74, 6) is 0.493. The molecule has 0 saturated heterocycles. The van der Waals surface area contributed by atoms with Crippen molar-refractivity contribution in [2.24, 2.45) is 0 Å². The zero-order valence-corrected chi connectivity index (χ0v) is 21.4. The number of amides is 2. The van der Waals surface area contributed by atoms with E-state index < -0.39 is 0 Å². The van der Waals surface area contributed by atoms with Gasteiger partial charge in [-0.1, -0.05) is 60.1 Å². The smallest absolute Gasteiger partial charge is 0.260 e. The highest BCUT2D eigenvalue weighted by Gasteiger charge is 2.22. The molecule has 6 nitrogen and oxygen atoms in total. The number of hydrogen-bond acceptors (Lipinski definition) is 4. The van der Waals surface area contributed by atoms with E-state index in [1.165, 1.54) is 5.56 Å². The van der Waals surface area contributed by atoms with E-state index in [-0.39, 0.29) is 18.4 Å². The van der Waals surface area contributed by atoms with E-state index in [1.807, 2.05) is 52.3 Å². The Kier molecular flexibility index (Phi) is 8.98. The molecule has 1 aliphatic rings. The Morgan fingerprint density at radius 2 is 1.58 bits per heavy atom. The summed E-state index contributed by atoms with van der Waals surface area (Å²) in [5, 5.41) is 0.617. The van der Waals surface area contributed by atoms with E-state index in [1.54, 1.807) is 31.2 Å². The lowest BCUT2D eigenvalue weighted by atomic mass is 10.1. The van der Waals surface area contributed by atoms with Crippen LogP contribution in [0.1, 0.15) is 24.5 Å². The van der Waals surface area contributed by atoms with Crippen LogP contribution in [0.4, 0.5) is 5.69 Å². The topological polar surface area (TPSA) is 53.1 Å². The van der Waals surface area contributed by atoms with Gasteiger partial charge in [0, 0.05) is 56.9 Å². The third-order valence-electron chi connectivity index (χ3n) is 6.34. The summed E-state index contributed by atoms with van der Waals surface area (Å²) in [4.78, 5) is 31.9. The van der Waals surface area contributed by atoms with Gasteiger partial charge in [-0.25, -0.2) is 0 Å². The van der Waals surface area contributed by atoms with Gasteiger partial charge in [-0.2, -0.15) is 0 Å². The van der Waals surface area contributed by atoms with E-state index >= 15 is 0 Å². The normalized spacial score (nSPS) is 15.1. The van der Waals surface area contributed by atoms with Crippen molar-refractivity contribution in [1.29, 1.82) is 0 Å². The van der Waals surface area contributed by atoms with Crippen molar-refractivity contribution < 1.29 is 14.3 Å². The molecule has 0 fully saturated rings. The Balaban J connectivity index is 1.56. The van der Waals surface area contributed by atoms with Gasteiger partial charge in [0.25, 0.3) is 5.91 Å². The molecule has 188 valence electrons. The average molecular weight is 506 g/mol. The minimum absolute atomic E-state index is 0.000236. The molecule has 36 heavy (non-hydrogen) atoms. The lowest BCUT2D eigenvalue weighted by Crippen LogP contribution is -2.40. The second-order valence-electron chi connectivity index (χ2n) is 8.97. The van der Waals surface area contributed by atoms with Crippen LogP contribution in [-0.2, 0) is 22.7 Å². The van der Waals surface area contributed by atoms with Gasteiger partial charge in [0.2, 0.25) is 5.91 Å². The number of rotatable bonds is 5. The van der Waals surface area contributed by atoms with E-state index in [0.717, 1.165) is 37.3 Å². The second-order valence-corrected chi connectivity index (χ2v) is 9.41. The minimum atomic E-state index is -0.104. The van der Waals surface area contributed by atoms with E-state index in [2.05, 4.69) is 17.0 Å². The summed E-state index contributed by atoms with van der Waals surface area (Å²) in [5.41, 5.74) is 3.03. The van der Waals surface area contributed by atoms with Crippen LogP contribution in [0.2, 0.25) is 5.02 Å². The highest BCUT2D eigenvalue weighted by molar-refractivity contribution is 6.30. The van der Waals surface area contributed by atoms with Crippen molar-refractivity contribution in [2.45, 2.75) is 26.4 Å². The van der Waals surface area contributed by atoms with Crippen LogP contribution in [0.3, 0.4) is 0 Å². The number of carbonyl (C=O) groups is 2. The molecule has 7 heteroatoms. The first-order chi connectivity index (χ1) is 17.5. The fourth-order valence-corrected chi connectivity index (χ4v) is 4.57. The Hall–Kier alpha value is -3.35. The third-order valence-corrected chi connectivity index (χ3v) is 6.60. The van der Waals surface area contributed by atoms with E-state index in [0.29, 0.717) is 30.4 Å². The highest BCUT2D eigenvalue weighted by atomic mass is 35.5. The van der Waals surface area contributed by atoms with Crippen LogP contribution >= 0.6 is 11.6 Å². The maximum atomic E-state index is 13.4. The minimum Gasteiger partial charge on any atom is -0.484 e. The molecule has 0 aromatic heterocycles. The summed E-state index contributed by atoms with van der Waals surface area (Å²) in [6.07, 6.45) is 0.842. The monoisotopic (exact) mass is 505 g/mol. The van der Waals surface area contributed by atoms with Crippen molar-refractivity contribution in [3.8, 4) is 5.75 Å². The van der Waals surface area contributed by atoms with Crippen molar-refractivity contribution in [2.75, 3.05) is 37.7 Å². The summed E-state index contributed by atoms with van der Waals surface area (Å²) in [6.45, 7) is 5.46. The molecule has 0 bridgehead atoms. The second kappa shape index (κ2) is 12.6. The largest absolute Gasteiger partial charge is 0.484 e. The predicted octanol–water partition coefficient (Wildman–Crippen LogP) is 5.01. The highest BCUT2D eigenvalue weighted by Crippen LogP contribution is 2.24. The number of halogens is 1. The van der Waals surface area contributed by atoms with Gasteiger partial charge >= 0.3 is 0 Å². The quantitative estimate of drug-likeness (QED) is 0.489. The van der Waals surface area contributed by atoms with Crippen molar-refractivity contribution in [1.82, 2.24) is 9.80 Å². The van der Waals surface area contributed by atoms with Crippen LogP contribution in [0, 0.1) is 0 Å². The van der Waals surface area contributed by atoms with Gasteiger partial charge in [0.1, 0.15) is 5.75 Å². The first-order valence-corrected chi connectivity index (χ1v) is 12.7. The van der Waals surface area contributed by atoms with Crippen LogP contribution < -0.4 is 9.64 Å². The first-order valence-electron chi connectivity index (χ1n) is 12.3. The van der Waals surface area contributed by atoms with Crippen LogP contribution in [0.25, 0.3) is 0 Å². The Morgan fingerprint density at radius 3 is 2.33 bits per heavy atom. The van der Waals surface area contributed by atoms with Gasteiger partial charge in [0.15, 0.2) is 6.61 Å². The molecule has 0 aliphatic carbocycles. The van der Waals surface area contributed by atoms with Gasteiger partial charge in [-0.3, -0.25) is 14.5 Å². The maximum absolute atomic E-state index is 13.4. The summed E-state index contributed by atoms with van der Waals surface area (Å²) < 4.78 is 5.77. The Morgan fingerprint density at radius 1 is 0.861 bits per heavy atom. The van der Waals surface area contributed by atoms with Crippen LogP contribution in [0.15, 0.2) is 78.9 Å². The molecular formula is C29H32ClN3O3. The van der Waals surface area contributed by atoms with Crippen molar-refractivity contribution >= 4 is 29.1 Å². The molecule has 0 unspecified atom stereocenters. The Labute approximate surface area is 218 Å². The average Bonchev–Trinajstić information content (AvgIpc) is 2.92. The lowest BCUT2D eigenvalue weighted by Gasteiger charge is -2.28.